The normalized spacial score (nSPS) is 9.75. The van der Waals surface area contributed by atoms with Crippen LogP contribution in [-0.4, -0.2) is 24.7 Å². The van der Waals surface area contributed by atoms with Crippen LogP contribution in [0.25, 0.3) is 0 Å². The van der Waals surface area contributed by atoms with Gasteiger partial charge < -0.3 is 10.1 Å². The summed E-state index contributed by atoms with van der Waals surface area (Å²) in [5, 5.41) is 11.9. The third kappa shape index (κ3) is 4.76. The van der Waals surface area contributed by atoms with E-state index in [0.717, 1.165) is 38.3 Å². The molecule has 4 heteroatoms. The number of pyridine rings is 1. The number of nitrogens with one attached hydrogen (secondary N) is 1. The molecule has 0 spiro atoms. The molecule has 1 rings (SSSR count). The molecular weight excluding hydrogens is 202 g/mol. The average Bonchev–Trinajstić information content (AvgIpc) is 2.34. The second-order valence-corrected chi connectivity index (χ2v) is 3.43. The van der Waals surface area contributed by atoms with Crippen LogP contribution in [0.5, 0.6) is 0 Å². The SMILES string of the molecule is CCCOCCCNc1ccnc(C#N)c1. The van der Waals surface area contributed by atoms with Gasteiger partial charge in [0.1, 0.15) is 11.8 Å². The number of rotatable bonds is 7. The molecule has 0 fully saturated rings. The van der Waals surface area contributed by atoms with Gasteiger partial charge in [-0.1, -0.05) is 6.92 Å². The molecule has 0 radical (unpaired) electrons. The van der Waals surface area contributed by atoms with Crippen molar-refractivity contribution in [1.82, 2.24) is 4.98 Å². The molecule has 0 aliphatic carbocycles. The molecule has 0 atom stereocenters. The van der Waals surface area contributed by atoms with Gasteiger partial charge in [-0.3, -0.25) is 0 Å². The number of hydrogen-bond acceptors (Lipinski definition) is 4. The van der Waals surface area contributed by atoms with E-state index in [4.69, 9.17) is 10.00 Å². The topological polar surface area (TPSA) is 57.9 Å². The molecule has 0 bridgehead atoms. The fraction of sp³-hybridized carbons (Fsp3) is 0.500. The lowest BCUT2D eigenvalue weighted by atomic mass is 10.3. The lowest BCUT2D eigenvalue weighted by Gasteiger charge is -2.06. The Balaban J connectivity index is 2.19. The van der Waals surface area contributed by atoms with E-state index in [9.17, 15) is 0 Å². The van der Waals surface area contributed by atoms with Gasteiger partial charge in [-0.25, -0.2) is 4.98 Å². The Bertz CT molecular complexity index is 346. The molecule has 1 N–H and O–H groups in total. The number of ether oxygens (including phenoxy) is 1. The van der Waals surface area contributed by atoms with Crippen molar-refractivity contribution in [1.29, 1.82) is 5.26 Å². The molecule has 0 aliphatic heterocycles. The Kier molecular flexibility index (Phi) is 5.97. The first-order chi connectivity index (χ1) is 7.86. The molecule has 4 nitrogen and oxygen atoms in total. The summed E-state index contributed by atoms with van der Waals surface area (Å²) in [6.45, 7) is 4.54. The summed E-state index contributed by atoms with van der Waals surface area (Å²) in [5.74, 6) is 0. The standard InChI is InChI=1S/C12H17N3O/c1-2-7-16-8-3-5-14-11-4-6-15-12(9-11)10-13/h4,6,9H,2-3,5,7-8H2,1H3,(H,14,15). The molecular formula is C12H17N3O. The van der Waals surface area contributed by atoms with E-state index < -0.39 is 0 Å². The van der Waals surface area contributed by atoms with E-state index >= 15 is 0 Å². The lowest BCUT2D eigenvalue weighted by molar-refractivity contribution is 0.134. The summed E-state index contributed by atoms with van der Waals surface area (Å²) in [5.41, 5.74) is 1.37. The third-order valence-electron chi connectivity index (χ3n) is 2.02. The Hall–Kier alpha value is -1.60. The number of nitriles is 1. The van der Waals surface area contributed by atoms with Crippen molar-refractivity contribution in [3.63, 3.8) is 0 Å². The molecule has 0 aliphatic rings. The highest BCUT2D eigenvalue weighted by Crippen LogP contribution is 2.06. The molecule has 0 amide bonds. The predicted molar refractivity (Wildman–Crippen MR) is 63.2 cm³/mol. The van der Waals surface area contributed by atoms with Crippen molar-refractivity contribution in [2.75, 3.05) is 25.1 Å². The summed E-state index contributed by atoms with van der Waals surface area (Å²) in [7, 11) is 0. The van der Waals surface area contributed by atoms with E-state index in [1.54, 1.807) is 12.3 Å². The zero-order valence-electron chi connectivity index (χ0n) is 9.57. The number of aromatic nitrogens is 1. The van der Waals surface area contributed by atoms with Crippen molar-refractivity contribution in [2.45, 2.75) is 19.8 Å². The first-order valence-electron chi connectivity index (χ1n) is 5.54. The Morgan fingerprint density at radius 3 is 3.12 bits per heavy atom. The number of anilines is 1. The fourth-order valence-electron chi connectivity index (χ4n) is 1.25. The maximum atomic E-state index is 8.67. The second-order valence-electron chi connectivity index (χ2n) is 3.43. The van der Waals surface area contributed by atoms with Gasteiger partial charge in [-0.15, -0.1) is 0 Å². The first kappa shape index (κ1) is 12.5. The van der Waals surface area contributed by atoms with Crippen LogP contribution in [-0.2, 0) is 4.74 Å². The quantitative estimate of drug-likeness (QED) is 0.714. The molecule has 0 aromatic carbocycles. The first-order valence-corrected chi connectivity index (χ1v) is 5.54. The van der Waals surface area contributed by atoms with Crippen LogP contribution in [0.2, 0.25) is 0 Å². The van der Waals surface area contributed by atoms with Crippen LogP contribution in [0.3, 0.4) is 0 Å². The molecule has 0 saturated carbocycles. The van der Waals surface area contributed by atoms with Gasteiger partial charge in [0.2, 0.25) is 0 Å². The van der Waals surface area contributed by atoms with E-state index in [0.29, 0.717) is 5.69 Å². The van der Waals surface area contributed by atoms with Crippen molar-refractivity contribution < 1.29 is 4.74 Å². The Labute approximate surface area is 96.3 Å². The zero-order valence-corrected chi connectivity index (χ0v) is 9.57. The van der Waals surface area contributed by atoms with E-state index in [-0.39, 0.29) is 0 Å². The smallest absolute Gasteiger partial charge is 0.142 e. The van der Waals surface area contributed by atoms with Gasteiger partial charge in [0.05, 0.1) is 0 Å². The van der Waals surface area contributed by atoms with Gasteiger partial charge in [-0.2, -0.15) is 5.26 Å². The molecule has 0 unspecified atom stereocenters. The number of hydrogen-bond donors (Lipinski definition) is 1. The van der Waals surface area contributed by atoms with E-state index in [2.05, 4.69) is 17.2 Å². The van der Waals surface area contributed by atoms with Gasteiger partial charge in [0.25, 0.3) is 0 Å². The fourth-order valence-corrected chi connectivity index (χ4v) is 1.25. The monoisotopic (exact) mass is 219 g/mol. The molecule has 1 aromatic heterocycles. The highest BCUT2D eigenvalue weighted by molar-refractivity contribution is 5.45. The van der Waals surface area contributed by atoms with Crippen LogP contribution >= 0.6 is 0 Å². The van der Waals surface area contributed by atoms with Crippen molar-refractivity contribution in [2.24, 2.45) is 0 Å². The van der Waals surface area contributed by atoms with Crippen molar-refractivity contribution >= 4 is 5.69 Å². The molecule has 16 heavy (non-hydrogen) atoms. The van der Waals surface area contributed by atoms with Crippen molar-refractivity contribution in [3.8, 4) is 6.07 Å². The zero-order chi connectivity index (χ0) is 11.6. The summed E-state index contributed by atoms with van der Waals surface area (Å²) in [6.07, 6.45) is 3.65. The van der Waals surface area contributed by atoms with Gasteiger partial charge in [0.15, 0.2) is 0 Å². The van der Waals surface area contributed by atoms with Crippen LogP contribution in [0.15, 0.2) is 18.3 Å². The van der Waals surface area contributed by atoms with Crippen LogP contribution < -0.4 is 5.32 Å². The average molecular weight is 219 g/mol. The minimum atomic E-state index is 0.437. The predicted octanol–water partition coefficient (Wildman–Crippen LogP) is 2.18. The summed E-state index contributed by atoms with van der Waals surface area (Å²) in [4.78, 5) is 3.90. The van der Waals surface area contributed by atoms with Gasteiger partial charge in [-0.05, 0) is 25.0 Å². The van der Waals surface area contributed by atoms with Gasteiger partial charge in [0, 0.05) is 31.6 Å². The van der Waals surface area contributed by atoms with Crippen molar-refractivity contribution in [3.05, 3.63) is 24.0 Å². The summed E-state index contributed by atoms with van der Waals surface area (Å²) < 4.78 is 5.36. The molecule has 1 aromatic rings. The van der Waals surface area contributed by atoms with E-state index in [1.807, 2.05) is 12.1 Å². The Morgan fingerprint density at radius 2 is 2.38 bits per heavy atom. The minimum Gasteiger partial charge on any atom is -0.385 e. The summed E-state index contributed by atoms with van der Waals surface area (Å²) >= 11 is 0. The van der Waals surface area contributed by atoms with Gasteiger partial charge >= 0.3 is 0 Å². The van der Waals surface area contributed by atoms with Crippen LogP contribution in [0, 0.1) is 11.3 Å². The third-order valence-corrected chi connectivity index (χ3v) is 2.02. The van der Waals surface area contributed by atoms with Crippen LogP contribution in [0.4, 0.5) is 5.69 Å². The van der Waals surface area contributed by atoms with Crippen LogP contribution in [0.1, 0.15) is 25.5 Å². The second kappa shape index (κ2) is 7.66. The highest BCUT2D eigenvalue weighted by Gasteiger charge is 1.95. The maximum absolute atomic E-state index is 8.67. The Morgan fingerprint density at radius 1 is 1.50 bits per heavy atom. The molecule has 0 saturated heterocycles. The highest BCUT2D eigenvalue weighted by atomic mass is 16.5. The minimum absolute atomic E-state index is 0.437. The lowest BCUT2D eigenvalue weighted by Crippen LogP contribution is -2.06. The largest absolute Gasteiger partial charge is 0.385 e. The van der Waals surface area contributed by atoms with E-state index in [1.165, 1.54) is 0 Å². The summed E-state index contributed by atoms with van der Waals surface area (Å²) in [6, 6.07) is 5.61. The molecule has 86 valence electrons. The maximum Gasteiger partial charge on any atom is 0.142 e. The number of nitrogens with zero attached hydrogens (tertiary/aromatic N) is 2. The molecule has 1 heterocycles.